The van der Waals surface area contributed by atoms with Crippen molar-refractivity contribution in [3.63, 3.8) is 0 Å². The van der Waals surface area contributed by atoms with Crippen LogP contribution in [0.5, 0.6) is 5.75 Å². The number of nitrogens with zero attached hydrogens (tertiary/aromatic N) is 1. The molecule has 144 valence electrons. The summed E-state index contributed by atoms with van der Waals surface area (Å²) in [5.41, 5.74) is 2.72. The van der Waals surface area contributed by atoms with Crippen LogP contribution in [-0.2, 0) is 9.59 Å². The molecule has 0 aliphatic carbocycles. The van der Waals surface area contributed by atoms with Crippen molar-refractivity contribution in [3.05, 3.63) is 101 Å². The summed E-state index contributed by atoms with van der Waals surface area (Å²) in [6.45, 7) is 1.95. The van der Waals surface area contributed by atoms with Gasteiger partial charge in [0.05, 0.1) is 11.6 Å². The summed E-state index contributed by atoms with van der Waals surface area (Å²) < 4.78 is 0. The Kier molecular flexibility index (Phi) is 4.64. The lowest BCUT2D eigenvalue weighted by Crippen LogP contribution is -2.29. The van der Waals surface area contributed by atoms with Crippen molar-refractivity contribution in [3.8, 4) is 5.75 Å². The Labute approximate surface area is 168 Å². The molecule has 3 aromatic carbocycles. The fourth-order valence-electron chi connectivity index (χ4n) is 3.53. The zero-order chi connectivity index (χ0) is 20.5. The van der Waals surface area contributed by atoms with Crippen LogP contribution in [0.4, 0.5) is 5.69 Å². The Morgan fingerprint density at radius 3 is 2.10 bits per heavy atom. The van der Waals surface area contributed by atoms with Crippen LogP contribution in [-0.4, -0.2) is 21.9 Å². The lowest BCUT2D eigenvalue weighted by molar-refractivity contribution is -0.132. The summed E-state index contributed by atoms with van der Waals surface area (Å²) in [7, 11) is 0. The third-order valence-corrected chi connectivity index (χ3v) is 5.01. The number of ketones is 1. The number of aliphatic hydroxyl groups is 1. The van der Waals surface area contributed by atoms with Gasteiger partial charge in [-0.05, 0) is 36.8 Å². The van der Waals surface area contributed by atoms with Crippen molar-refractivity contribution in [2.45, 2.75) is 13.0 Å². The van der Waals surface area contributed by atoms with E-state index < -0.39 is 17.7 Å². The smallest absolute Gasteiger partial charge is 0.300 e. The molecule has 0 spiro atoms. The molecule has 3 aromatic rings. The minimum absolute atomic E-state index is 0.0399. The molecular formula is C24H19NO4. The van der Waals surface area contributed by atoms with Crippen molar-refractivity contribution in [2.75, 3.05) is 4.90 Å². The molecule has 1 fully saturated rings. The molecule has 1 heterocycles. The summed E-state index contributed by atoms with van der Waals surface area (Å²) in [6.07, 6.45) is 0. The number of rotatable bonds is 3. The van der Waals surface area contributed by atoms with Gasteiger partial charge in [0.2, 0.25) is 0 Å². The number of carbonyl (C=O) groups excluding carboxylic acids is 2. The molecule has 1 aliphatic rings. The van der Waals surface area contributed by atoms with E-state index in [4.69, 9.17) is 0 Å². The van der Waals surface area contributed by atoms with Gasteiger partial charge in [-0.15, -0.1) is 0 Å². The van der Waals surface area contributed by atoms with E-state index in [1.54, 1.807) is 36.4 Å². The Hall–Kier alpha value is -3.86. The maximum absolute atomic E-state index is 13.0. The van der Waals surface area contributed by atoms with Gasteiger partial charge in [0.25, 0.3) is 11.7 Å². The summed E-state index contributed by atoms with van der Waals surface area (Å²) in [4.78, 5) is 27.3. The molecule has 0 bridgehead atoms. The number of benzene rings is 3. The second kappa shape index (κ2) is 7.28. The van der Waals surface area contributed by atoms with E-state index in [1.165, 1.54) is 17.0 Å². The number of hydrogen-bond acceptors (Lipinski definition) is 4. The van der Waals surface area contributed by atoms with Crippen LogP contribution in [0.2, 0.25) is 0 Å². The zero-order valence-electron chi connectivity index (χ0n) is 15.7. The molecule has 0 unspecified atom stereocenters. The van der Waals surface area contributed by atoms with E-state index in [0.717, 1.165) is 5.56 Å². The monoisotopic (exact) mass is 385 g/mol. The van der Waals surface area contributed by atoms with Gasteiger partial charge in [0, 0.05) is 11.3 Å². The molecule has 4 rings (SSSR count). The Morgan fingerprint density at radius 1 is 0.862 bits per heavy atom. The molecule has 1 amide bonds. The van der Waals surface area contributed by atoms with Gasteiger partial charge in [-0.3, -0.25) is 14.5 Å². The molecular weight excluding hydrogens is 366 g/mol. The van der Waals surface area contributed by atoms with Crippen LogP contribution in [0.3, 0.4) is 0 Å². The second-order valence-corrected chi connectivity index (χ2v) is 6.96. The molecule has 0 saturated carbocycles. The van der Waals surface area contributed by atoms with E-state index in [2.05, 4.69) is 0 Å². The predicted molar refractivity (Wildman–Crippen MR) is 111 cm³/mol. The first-order chi connectivity index (χ1) is 14.0. The molecule has 1 atom stereocenters. The average molecular weight is 385 g/mol. The van der Waals surface area contributed by atoms with Crippen molar-refractivity contribution in [2.24, 2.45) is 0 Å². The summed E-state index contributed by atoms with van der Waals surface area (Å²) >= 11 is 0. The molecule has 29 heavy (non-hydrogen) atoms. The number of carbonyl (C=O) groups is 2. The highest BCUT2D eigenvalue weighted by Crippen LogP contribution is 2.42. The van der Waals surface area contributed by atoms with Crippen LogP contribution in [0.25, 0.3) is 5.76 Å². The van der Waals surface area contributed by atoms with Gasteiger partial charge in [-0.2, -0.15) is 0 Å². The number of aliphatic hydroxyl groups excluding tert-OH is 1. The fraction of sp³-hybridized carbons (Fsp3) is 0.0833. The quantitative estimate of drug-likeness (QED) is 0.400. The average Bonchev–Trinajstić information content (AvgIpc) is 3.00. The number of aromatic hydroxyl groups is 1. The van der Waals surface area contributed by atoms with Crippen LogP contribution in [0, 0.1) is 6.92 Å². The number of hydrogen-bond donors (Lipinski definition) is 2. The second-order valence-electron chi connectivity index (χ2n) is 6.96. The molecule has 0 aromatic heterocycles. The molecule has 5 nitrogen and oxygen atoms in total. The molecule has 1 aliphatic heterocycles. The largest absolute Gasteiger partial charge is 0.508 e. The Balaban J connectivity index is 1.94. The van der Waals surface area contributed by atoms with Gasteiger partial charge < -0.3 is 10.2 Å². The van der Waals surface area contributed by atoms with Crippen LogP contribution < -0.4 is 4.90 Å². The third kappa shape index (κ3) is 3.27. The number of Topliss-reactive ketones (excluding diaryl/α,β-unsaturated/α-hetero) is 1. The van der Waals surface area contributed by atoms with Gasteiger partial charge in [-0.1, -0.05) is 60.2 Å². The topological polar surface area (TPSA) is 77.8 Å². The lowest BCUT2D eigenvalue weighted by Gasteiger charge is -2.25. The number of aryl methyl sites for hydroxylation is 1. The minimum atomic E-state index is -0.777. The molecule has 5 heteroatoms. The maximum Gasteiger partial charge on any atom is 0.300 e. The first kappa shape index (κ1) is 18.5. The number of phenols is 1. The highest BCUT2D eigenvalue weighted by molar-refractivity contribution is 6.51. The highest BCUT2D eigenvalue weighted by Gasteiger charge is 2.46. The SMILES string of the molecule is Cc1ccc([C@H]2C(=C(O)c3ccccc3)C(=O)C(=O)N2c2ccc(O)cc2)cc1. The minimum Gasteiger partial charge on any atom is -0.508 e. The maximum atomic E-state index is 13.0. The number of anilines is 1. The Bertz CT molecular complexity index is 1100. The van der Waals surface area contributed by atoms with E-state index >= 15 is 0 Å². The van der Waals surface area contributed by atoms with Crippen molar-refractivity contribution in [1.29, 1.82) is 0 Å². The van der Waals surface area contributed by atoms with Crippen LogP contribution in [0.1, 0.15) is 22.7 Å². The van der Waals surface area contributed by atoms with Crippen LogP contribution in [0.15, 0.2) is 84.4 Å². The zero-order valence-corrected chi connectivity index (χ0v) is 15.7. The number of amides is 1. The number of phenolic OH excluding ortho intramolecular Hbond substituents is 1. The summed E-state index contributed by atoms with van der Waals surface area (Å²) in [5.74, 6) is -1.62. The predicted octanol–water partition coefficient (Wildman–Crippen LogP) is 4.33. The van der Waals surface area contributed by atoms with Crippen LogP contribution >= 0.6 is 0 Å². The normalized spacial score (nSPS) is 18.2. The lowest BCUT2D eigenvalue weighted by atomic mass is 9.94. The van der Waals surface area contributed by atoms with Crippen molar-refractivity contribution >= 4 is 23.1 Å². The third-order valence-electron chi connectivity index (χ3n) is 5.01. The summed E-state index contributed by atoms with van der Waals surface area (Å²) in [5, 5.41) is 20.5. The van der Waals surface area contributed by atoms with Gasteiger partial charge in [0.15, 0.2) is 0 Å². The highest BCUT2D eigenvalue weighted by atomic mass is 16.3. The fourth-order valence-corrected chi connectivity index (χ4v) is 3.53. The van der Waals surface area contributed by atoms with E-state index in [-0.39, 0.29) is 17.1 Å². The first-order valence-electron chi connectivity index (χ1n) is 9.19. The first-order valence-corrected chi connectivity index (χ1v) is 9.19. The van der Waals surface area contributed by atoms with Gasteiger partial charge in [-0.25, -0.2) is 0 Å². The van der Waals surface area contributed by atoms with Gasteiger partial charge in [0.1, 0.15) is 11.5 Å². The van der Waals surface area contributed by atoms with Crippen molar-refractivity contribution in [1.82, 2.24) is 0 Å². The molecule has 1 saturated heterocycles. The van der Waals surface area contributed by atoms with E-state index in [1.807, 2.05) is 37.3 Å². The molecule has 0 radical (unpaired) electrons. The van der Waals surface area contributed by atoms with E-state index in [9.17, 15) is 19.8 Å². The molecule has 2 N–H and O–H groups in total. The van der Waals surface area contributed by atoms with Crippen molar-refractivity contribution < 1.29 is 19.8 Å². The summed E-state index contributed by atoms with van der Waals surface area (Å²) in [6, 6.07) is 21.5. The standard InChI is InChI=1S/C24H19NO4/c1-15-7-9-16(10-8-15)21-20(22(27)17-5-3-2-4-6-17)23(28)24(29)25(21)18-11-13-19(26)14-12-18/h2-14,21,26-27H,1H3/t21-/m0/s1. The van der Waals surface area contributed by atoms with Gasteiger partial charge >= 0.3 is 0 Å². The Morgan fingerprint density at radius 2 is 1.48 bits per heavy atom. The van der Waals surface area contributed by atoms with E-state index in [0.29, 0.717) is 16.8 Å².